The SMILES string of the molecule is O=C(Nc1ccnn1Cc1ccc(Br)cc1)C1CCC1. The van der Waals surface area contributed by atoms with Gasteiger partial charge in [-0.15, -0.1) is 0 Å². The minimum atomic E-state index is 0.119. The van der Waals surface area contributed by atoms with E-state index in [1.54, 1.807) is 6.20 Å². The molecule has 104 valence electrons. The fourth-order valence-corrected chi connectivity index (χ4v) is 2.49. The Morgan fingerprint density at radius 3 is 2.70 bits per heavy atom. The predicted octanol–water partition coefficient (Wildman–Crippen LogP) is 3.43. The number of amides is 1. The molecule has 0 unspecified atom stereocenters. The molecule has 4 nitrogen and oxygen atoms in total. The molecule has 1 fully saturated rings. The van der Waals surface area contributed by atoms with Crippen LogP contribution in [0.1, 0.15) is 24.8 Å². The van der Waals surface area contributed by atoms with Crippen LogP contribution in [0.25, 0.3) is 0 Å². The Hall–Kier alpha value is -1.62. The Kier molecular flexibility index (Phi) is 3.87. The number of halogens is 1. The van der Waals surface area contributed by atoms with E-state index in [9.17, 15) is 4.79 Å². The third kappa shape index (κ3) is 2.93. The molecule has 0 bridgehead atoms. The van der Waals surface area contributed by atoms with E-state index >= 15 is 0 Å². The maximum atomic E-state index is 12.0. The fourth-order valence-electron chi connectivity index (χ4n) is 2.23. The van der Waals surface area contributed by atoms with E-state index in [1.807, 2.05) is 35.0 Å². The number of hydrogen-bond donors (Lipinski definition) is 1. The van der Waals surface area contributed by atoms with Gasteiger partial charge in [0.15, 0.2) is 0 Å². The lowest BCUT2D eigenvalue weighted by molar-refractivity contribution is -0.122. The highest BCUT2D eigenvalue weighted by Gasteiger charge is 2.25. The summed E-state index contributed by atoms with van der Waals surface area (Å²) in [4.78, 5) is 12.0. The van der Waals surface area contributed by atoms with Crippen molar-refractivity contribution in [1.29, 1.82) is 0 Å². The quantitative estimate of drug-likeness (QED) is 0.931. The average molecular weight is 334 g/mol. The second-order valence-corrected chi connectivity index (χ2v) is 6.03. The van der Waals surface area contributed by atoms with Crippen LogP contribution in [0.4, 0.5) is 5.82 Å². The molecule has 1 saturated carbocycles. The molecule has 0 atom stereocenters. The zero-order valence-corrected chi connectivity index (χ0v) is 12.6. The van der Waals surface area contributed by atoms with Crippen LogP contribution in [0.15, 0.2) is 41.0 Å². The van der Waals surface area contributed by atoms with Gasteiger partial charge >= 0.3 is 0 Å². The monoisotopic (exact) mass is 333 g/mol. The number of benzene rings is 1. The molecule has 0 saturated heterocycles. The summed E-state index contributed by atoms with van der Waals surface area (Å²) in [6, 6.07) is 9.94. The van der Waals surface area contributed by atoms with Gasteiger partial charge in [-0.3, -0.25) is 4.79 Å². The van der Waals surface area contributed by atoms with Crippen LogP contribution in [0.2, 0.25) is 0 Å². The minimum Gasteiger partial charge on any atom is -0.311 e. The van der Waals surface area contributed by atoms with Crippen molar-refractivity contribution < 1.29 is 4.79 Å². The van der Waals surface area contributed by atoms with E-state index < -0.39 is 0 Å². The fraction of sp³-hybridized carbons (Fsp3) is 0.333. The Balaban J connectivity index is 1.69. The molecule has 1 aromatic carbocycles. The second-order valence-electron chi connectivity index (χ2n) is 5.12. The highest BCUT2D eigenvalue weighted by Crippen LogP contribution is 2.27. The standard InChI is InChI=1S/C15H16BrN3O/c16-13-6-4-11(5-7-13)10-19-14(8-9-17-19)18-15(20)12-2-1-3-12/h4-9,12H,1-3,10H2,(H,18,20). The molecular formula is C15H16BrN3O. The van der Waals surface area contributed by atoms with Gasteiger partial charge in [-0.2, -0.15) is 5.10 Å². The highest BCUT2D eigenvalue weighted by atomic mass is 79.9. The maximum absolute atomic E-state index is 12.0. The molecule has 1 heterocycles. The minimum absolute atomic E-state index is 0.119. The molecule has 1 aliphatic carbocycles. The molecule has 0 aliphatic heterocycles. The summed E-state index contributed by atoms with van der Waals surface area (Å²) in [6.07, 6.45) is 4.89. The molecule has 0 radical (unpaired) electrons. The number of carbonyl (C=O) groups excluding carboxylic acids is 1. The summed E-state index contributed by atoms with van der Waals surface area (Å²) in [5.74, 6) is 1.07. The normalized spacial score (nSPS) is 14.8. The summed E-state index contributed by atoms with van der Waals surface area (Å²) in [5.41, 5.74) is 1.15. The zero-order chi connectivity index (χ0) is 13.9. The van der Waals surface area contributed by atoms with Crippen molar-refractivity contribution in [2.24, 2.45) is 5.92 Å². The number of rotatable bonds is 4. The molecule has 1 amide bonds. The molecule has 1 N–H and O–H groups in total. The van der Waals surface area contributed by atoms with Crippen LogP contribution in [0, 0.1) is 5.92 Å². The van der Waals surface area contributed by atoms with Crippen LogP contribution >= 0.6 is 15.9 Å². The van der Waals surface area contributed by atoms with Crippen LogP contribution in [0.3, 0.4) is 0 Å². The van der Waals surface area contributed by atoms with Gasteiger partial charge in [0.2, 0.25) is 5.91 Å². The first-order valence-corrected chi connectivity index (χ1v) is 7.59. The van der Waals surface area contributed by atoms with Crippen LogP contribution < -0.4 is 5.32 Å². The Bertz CT molecular complexity index is 602. The van der Waals surface area contributed by atoms with Crippen molar-refractivity contribution >= 4 is 27.7 Å². The first-order chi connectivity index (χ1) is 9.72. The van der Waals surface area contributed by atoms with Crippen molar-refractivity contribution in [3.8, 4) is 0 Å². The lowest BCUT2D eigenvalue weighted by Gasteiger charge is -2.24. The Morgan fingerprint density at radius 2 is 2.05 bits per heavy atom. The van der Waals surface area contributed by atoms with E-state index in [0.717, 1.165) is 35.1 Å². The van der Waals surface area contributed by atoms with Gasteiger partial charge in [0.1, 0.15) is 5.82 Å². The van der Waals surface area contributed by atoms with Gasteiger partial charge in [0.05, 0.1) is 12.7 Å². The number of anilines is 1. The van der Waals surface area contributed by atoms with E-state index in [0.29, 0.717) is 6.54 Å². The van der Waals surface area contributed by atoms with Crippen molar-refractivity contribution in [2.45, 2.75) is 25.8 Å². The molecule has 3 rings (SSSR count). The molecule has 0 spiro atoms. The first-order valence-electron chi connectivity index (χ1n) is 6.79. The van der Waals surface area contributed by atoms with Gasteiger partial charge in [-0.25, -0.2) is 4.68 Å². The van der Waals surface area contributed by atoms with Crippen LogP contribution in [-0.4, -0.2) is 15.7 Å². The average Bonchev–Trinajstić information content (AvgIpc) is 2.77. The number of nitrogens with zero attached hydrogens (tertiary/aromatic N) is 2. The largest absolute Gasteiger partial charge is 0.311 e. The first kappa shape index (κ1) is 13.4. The molecule has 1 aromatic heterocycles. The van der Waals surface area contributed by atoms with Crippen molar-refractivity contribution in [3.05, 3.63) is 46.6 Å². The number of aromatic nitrogens is 2. The summed E-state index contributed by atoms with van der Waals surface area (Å²) in [7, 11) is 0. The van der Waals surface area contributed by atoms with Gasteiger partial charge < -0.3 is 5.32 Å². The number of hydrogen-bond acceptors (Lipinski definition) is 2. The topological polar surface area (TPSA) is 46.9 Å². The van der Waals surface area contributed by atoms with Gasteiger partial charge in [-0.05, 0) is 30.5 Å². The van der Waals surface area contributed by atoms with Crippen molar-refractivity contribution in [3.63, 3.8) is 0 Å². The van der Waals surface area contributed by atoms with E-state index in [-0.39, 0.29) is 11.8 Å². The maximum Gasteiger partial charge on any atom is 0.228 e. The summed E-state index contributed by atoms with van der Waals surface area (Å²) in [6.45, 7) is 0.653. The van der Waals surface area contributed by atoms with Gasteiger partial charge in [-0.1, -0.05) is 34.5 Å². The van der Waals surface area contributed by atoms with Crippen molar-refractivity contribution in [2.75, 3.05) is 5.32 Å². The molecule has 1 aliphatic rings. The lowest BCUT2D eigenvalue weighted by atomic mass is 9.85. The Morgan fingerprint density at radius 1 is 1.30 bits per heavy atom. The van der Waals surface area contributed by atoms with Crippen LogP contribution in [-0.2, 0) is 11.3 Å². The summed E-state index contributed by atoms with van der Waals surface area (Å²) < 4.78 is 2.88. The number of carbonyl (C=O) groups is 1. The smallest absolute Gasteiger partial charge is 0.228 e. The van der Waals surface area contributed by atoms with Crippen LogP contribution in [0.5, 0.6) is 0 Å². The zero-order valence-electron chi connectivity index (χ0n) is 11.1. The third-order valence-electron chi connectivity index (χ3n) is 3.69. The number of nitrogens with one attached hydrogen (secondary N) is 1. The van der Waals surface area contributed by atoms with E-state index in [4.69, 9.17) is 0 Å². The van der Waals surface area contributed by atoms with Crippen molar-refractivity contribution in [1.82, 2.24) is 9.78 Å². The van der Waals surface area contributed by atoms with E-state index in [1.165, 1.54) is 0 Å². The van der Waals surface area contributed by atoms with E-state index in [2.05, 4.69) is 26.3 Å². The predicted molar refractivity (Wildman–Crippen MR) is 81.4 cm³/mol. The summed E-state index contributed by atoms with van der Waals surface area (Å²) >= 11 is 3.42. The highest BCUT2D eigenvalue weighted by molar-refractivity contribution is 9.10. The molecular weight excluding hydrogens is 318 g/mol. The molecule has 5 heteroatoms. The van der Waals surface area contributed by atoms with Gasteiger partial charge in [0.25, 0.3) is 0 Å². The lowest BCUT2D eigenvalue weighted by Crippen LogP contribution is -2.29. The molecule has 20 heavy (non-hydrogen) atoms. The third-order valence-corrected chi connectivity index (χ3v) is 4.22. The second kappa shape index (κ2) is 5.79. The Labute approximate surface area is 126 Å². The molecule has 2 aromatic rings. The summed E-state index contributed by atoms with van der Waals surface area (Å²) in [5, 5.41) is 7.26. The van der Waals surface area contributed by atoms with Gasteiger partial charge in [0, 0.05) is 16.5 Å².